The standard InChI is InChI=1S/C21H36N6.HI/c1-2-22-20(26-16-13-21(17-26)11-6-4-7-12-21)23-14-10-19-25-24-18-9-5-3-8-15-27(18)19;/h2-17H2,1H3,(H,22,23);1H. The van der Waals surface area contributed by atoms with E-state index in [1.165, 1.54) is 70.2 Å². The van der Waals surface area contributed by atoms with Gasteiger partial charge in [0, 0.05) is 45.6 Å². The van der Waals surface area contributed by atoms with Gasteiger partial charge in [0.25, 0.3) is 0 Å². The van der Waals surface area contributed by atoms with E-state index in [-0.39, 0.29) is 24.0 Å². The van der Waals surface area contributed by atoms with Crippen molar-refractivity contribution in [3.05, 3.63) is 11.6 Å². The summed E-state index contributed by atoms with van der Waals surface area (Å²) in [6.07, 6.45) is 14.2. The molecule has 1 aromatic rings. The van der Waals surface area contributed by atoms with Crippen molar-refractivity contribution in [2.24, 2.45) is 10.4 Å². The molecule has 0 amide bonds. The first-order chi connectivity index (χ1) is 13.3. The molecular formula is C21H37IN6. The highest BCUT2D eigenvalue weighted by molar-refractivity contribution is 14.0. The first-order valence-electron chi connectivity index (χ1n) is 11.2. The van der Waals surface area contributed by atoms with E-state index >= 15 is 0 Å². The molecule has 1 saturated carbocycles. The molecule has 2 fully saturated rings. The highest BCUT2D eigenvalue weighted by atomic mass is 127. The molecule has 0 aromatic carbocycles. The Bertz CT molecular complexity index is 649. The lowest BCUT2D eigenvalue weighted by Gasteiger charge is -2.33. The number of aliphatic imine (C=N–C) groups is 1. The van der Waals surface area contributed by atoms with Crippen LogP contribution in [-0.4, -0.2) is 51.8 Å². The van der Waals surface area contributed by atoms with Crippen molar-refractivity contribution in [3.8, 4) is 0 Å². The number of hydrogen-bond donors (Lipinski definition) is 1. The van der Waals surface area contributed by atoms with Gasteiger partial charge in [-0.05, 0) is 44.4 Å². The Morgan fingerprint density at radius 1 is 1.04 bits per heavy atom. The monoisotopic (exact) mass is 500 g/mol. The molecule has 158 valence electrons. The first kappa shape index (κ1) is 21.8. The van der Waals surface area contributed by atoms with E-state index in [9.17, 15) is 0 Å². The van der Waals surface area contributed by atoms with Crippen LogP contribution in [0.15, 0.2) is 4.99 Å². The van der Waals surface area contributed by atoms with E-state index in [1.54, 1.807) is 0 Å². The summed E-state index contributed by atoms with van der Waals surface area (Å²) >= 11 is 0. The van der Waals surface area contributed by atoms with E-state index in [0.29, 0.717) is 5.41 Å². The number of halogens is 1. The number of aromatic nitrogens is 3. The number of hydrogen-bond acceptors (Lipinski definition) is 3. The van der Waals surface area contributed by atoms with E-state index in [1.807, 2.05) is 0 Å². The van der Waals surface area contributed by atoms with Crippen LogP contribution in [0.1, 0.15) is 76.4 Å². The Hall–Kier alpha value is -0.860. The Labute approximate surface area is 187 Å². The summed E-state index contributed by atoms with van der Waals surface area (Å²) in [5.41, 5.74) is 0.568. The lowest BCUT2D eigenvalue weighted by atomic mass is 9.73. The Balaban J connectivity index is 0.00000225. The number of aryl methyl sites for hydroxylation is 1. The van der Waals surface area contributed by atoms with Crippen LogP contribution in [0.3, 0.4) is 0 Å². The summed E-state index contributed by atoms with van der Waals surface area (Å²) in [7, 11) is 0. The molecule has 3 heterocycles. The highest BCUT2D eigenvalue weighted by Gasteiger charge is 2.39. The molecule has 1 aromatic heterocycles. The number of guanidine groups is 1. The fourth-order valence-electron chi connectivity index (χ4n) is 5.24. The van der Waals surface area contributed by atoms with Crippen LogP contribution in [0, 0.1) is 5.41 Å². The molecule has 0 unspecified atom stereocenters. The summed E-state index contributed by atoms with van der Waals surface area (Å²) in [4.78, 5) is 7.48. The third-order valence-corrected chi connectivity index (χ3v) is 6.77. The van der Waals surface area contributed by atoms with Crippen LogP contribution in [0.4, 0.5) is 0 Å². The highest BCUT2D eigenvalue weighted by Crippen LogP contribution is 2.43. The van der Waals surface area contributed by atoms with Gasteiger partial charge in [0.1, 0.15) is 11.6 Å². The van der Waals surface area contributed by atoms with Gasteiger partial charge < -0.3 is 14.8 Å². The topological polar surface area (TPSA) is 58.3 Å². The van der Waals surface area contributed by atoms with Gasteiger partial charge >= 0.3 is 0 Å². The second-order valence-corrected chi connectivity index (χ2v) is 8.71. The van der Waals surface area contributed by atoms with Gasteiger partial charge in [0.05, 0.1) is 0 Å². The smallest absolute Gasteiger partial charge is 0.193 e. The lowest BCUT2D eigenvalue weighted by Crippen LogP contribution is -2.41. The molecular weight excluding hydrogens is 463 g/mol. The van der Waals surface area contributed by atoms with Crippen LogP contribution in [0.25, 0.3) is 0 Å². The van der Waals surface area contributed by atoms with E-state index in [2.05, 4.69) is 31.9 Å². The molecule has 3 aliphatic rings. The predicted octanol–water partition coefficient (Wildman–Crippen LogP) is 3.79. The minimum Gasteiger partial charge on any atom is -0.357 e. The number of likely N-dealkylation sites (tertiary alicyclic amines) is 1. The van der Waals surface area contributed by atoms with Crippen LogP contribution < -0.4 is 5.32 Å². The summed E-state index contributed by atoms with van der Waals surface area (Å²) in [6.45, 7) is 7.33. The maximum absolute atomic E-state index is 4.97. The van der Waals surface area contributed by atoms with Gasteiger partial charge in [-0.2, -0.15) is 0 Å². The maximum atomic E-state index is 4.97. The van der Waals surface area contributed by atoms with E-state index in [4.69, 9.17) is 4.99 Å². The molecule has 1 saturated heterocycles. The first-order valence-corrected chi connectivity index (χ1v) is 11.2. The zero-order chi connectivity index (χ0) is 18.5. The van der Waals surface area contributed by atoms with Crippen LogP contribution in [0.2, 0.25) is 0 Å². The molecule has 7 heteroatoms. The van der Waals surface area contributed by atoms with Crippen molar-refractivity contribution in [3.63, 3.8) is 0 Å². The lowest BCUT2D eigenvalue weighted by molar-refractivity contribution is 0.203. The quantitative estimate of drug-likeness (QED) is 0.389. The van der Waals surface area contributed by atoms with Gasteiger partial charge in [0.2, 0.25) is 0 Å². The molecule has 28 heavy (non-hydrogen) atoms. The van der Waals surface area contributed by atoms with Crippen molar-refractivity contribution in [1.82, 2.24) is 25.0 Å². The number of nitrogens with zero attached hydrogens (tertiary/aromatic N) is 5. The molecule has 0 atom stereocenters. The molecule has 0 bridgehead atoms. The number of rotatable bonds is 4. The largest absolute Gasteiger partial charge is 0.357 e. The van der Waals surface area contributed by atoms with Crippen LogP contribution in [-0.2, 0) is 19.4 Å². The molecule has 0 radical (unpaired) electrons. The average molecular weight is 500 g/mol. The zero-order valence-electron chi connectivity index (χ0n) is 17.5. The zero-order valence-corrected chi connectivity index (χ0v) is 19.8. The summed E-state index contributed by atoms with van der Waals surface area (Å²) in [5, 5.41) is 12.4. The predicted molar refractivity (Wildman–Crippen MR) is 124 cm³/mol. The maximum Gasteiger partial charge on any atom is 0.193 e. The molecule has 1 aliphatic carbocycles. The SMILES string of the molecule is CCNC(=NCCc1nnc2n1CCCCC2)N1CCC2(CCCCC2)C1.I. The van der Waals surface area contributed by atoms with Crippen molar-refractivity contribution >= 4 is 29.9 Å². The summed E-state index contributed by atoms with van der Waals surface area (Å²) in [5.74, 6) is 3.41. The van der Waals surface area contributed by atoms with Gasteiger partial charge in [-0.15, -0.1) is 34.2 Å². The Kier molecular flexibility index (Phi) is 8.00. The van der Waals surface area contributed by atoms with Crippen LogP contribution in [0.5, 0.6) is 0 Å². The molecule has 1 spiro atoms. The normalized spacial score (nSPS) is 21.9. The van der Waals surface area contributed by atoms with Crippen molar-refractivity contribution in [2.45, 2.75) is 84.1 Å². The second-order valence-electron chi connectivity index (χ2n) is 8.71. The van der Waals surface area contributed by atoms with Gasteiger partial charge in [-0.1, -0.05) is 25.7 Å². The fraction of sp³-hybridized carbons (Fsp3) is 0.857. The number of fused-ring (bicyclic) bond motifs is 1. The van der Waals surface area contributed by atoms with Gasteiger partial charge in [-0.3, -0.25) is 4.99 Å². The van der Waals surface area contributed by atoms with E-state index in [0.717, 1.165) is 50.8 Å². The molecule has 4 rings (SSSR count). The number of nitrogens with one attached hydrogen (secondary N) is 1. The minimum absolute atomic E-state index is 0. The Morgan fingerprint density at radius 2 is 1.86 bits per heavy atom. The molecule has 6 nitrogen and oxygen atoms in total. The fourth-order valence-corrected chi connectivity index (χ4v) is 5.24. The van der Waals surface area contributed by atoms with Crippen LogP contribution >= 0.6 is 24.0 Å². The van der Waals surface area contributed by atoms with Gasteiger partial charge in [-0.25, -0.2) is 0 Å². The summed E-state index contributed by atoms with van der Waals surface area (Å²) in [6, 6.07) is 0. The van der Waals surface area contributed by atoms with Crippen molar-refractivity contribution in [2.75, 3.05) is 26.2 Å². The third kappa shape index (κ3) is 5.00. The van der Waals surface area contributed by atoms with Crippen molar-refractivity contribution in [1.29, 1.82) is 0 Å². The second kappa shape index (κ2) is 10.3. The third-order valence-electron chi connectivity index (χ3n) is 6.77. The average Bonchev–Trinajstić information content (AvgIpc) is 3.18. The van der Waals surface area contributed by atoms with E-state index < -0.39 is 0 Å². The summed E-state index contributed by atoms with van der Waals surface area (Å²) < 4.78 is 2.35. The Morgan fingerprint density at radius 3 is 2.68 bits per heavy atom. The van der Waals surface area contributed by atoms with Crippen molar-refractivity contribution < 1.29 is 0 Å². The molecule has 2 aliphatic heterocycles. The minimum atomic E-state index is 0. The van der Waals surface area contributed by atoms with Gasteiger partial charge in [0.15, 0.2) is 5.96 Å². The molecule has 1 N–H and O–H groups in total.